The van der Waals surface area contributed by atoms with Crippen LogP contribution < -0.4 is 5.32 Å². The molecule has 0 rings (SSSR count). The summed E-state index contributed by atoms with van der Waals surface area (Å²) in [4.78, 5) is 24.5. The second-order valence-corrected chi connectivity index (χ2v) is 21.0. The van der Waals surface area contributed by atoms with Crippen molar-refractivity contribution in [2.45, 2.75) is 341 Å². The third kappa shape index (κ3) is 55.2. The molecular weight excluding hydrogens is 851 g/mol. The number of unbranched alkanes of at least 4 members (excludes halogenated alkanes) is 42. The maximum absolute atomic E-state index is 12.5. The summed E-state index contributed by atoms with van der Waals surface area (Å²) in [6.07, 6.45) is 73.2. The summed E-state index contributed by atoms with van der Waals surface area (Å²) in [5.74, 6) is -0.0720. The first-order valence-corrected chi connectivity index (χ1v) is 30.8. The summed E-state index contributed by atoms with van der Waals surface area (Å²) in [5, 5.41) is 23.1. The molecule has 0 aliphatic heterocycles. The van der Waals surface area contributed by atoms with Gasteiger partial charge in [0.15, 0.2) is 0 Å². The molecule has 0 aliphatic rings. The molecule has 0 aromatic rings. The Morgan fingerprint density at radius 3 is 1.06 bits per heavy atom. The van der Waals surface area contributed by atoms with E-state index < -0.39 is 12.1 Å². The van der Waals surface area contributed by atoms with Crippen LogP contribution in [-0.4, -0.2) is 47.4 Å². The zero-order valence-corrected chi connectivity index (χ0v) is 46.3. The van der Waals surface area contributed by atoms with Gasteiger partial charge < -0.3 is 20.3 Å². The molecule has 0 bridgehead atoms. The molecule has 0 heterocycles. The van der Waals surface area contributed by atoms with Gasteiger partial charge in [0.25, 0.3) is 0 Å². The van der Waals surface area contributed by atoms with E-state index in [1.54, 1.807) is 6.08 Å². The molecule has 0 aliphatic carbocycles. The van der Waals surface area contributed by atoms with Crippen molar-refractivity contribution < 1.29 is 24.5 Å². The number of hydrogen-bond acceptors (Lipinski definition) is 5. The molecule has 0 fully saturated rings. The van der Waals surface area contributed by atoms with E-state index in [9.17, 15) is 19.8 Å². The van der Waals surface area contributed by atoms with Crippen molar-refractivity contribution in [3.05, 3.63) is 36.5 Å². The number of ether oxygens (including phenoxy) is 1. The van der Waals surface area contributed by atoms with Gasteiger partial charge in [0, 0.05) is 12.8 Å². The van der Waals surface area contributed by atoms with E-state index in [0.717, 1.165) is 51.4 Å². The van der Waals surface area contributed by atoms with E-state index in [1.807, 2.05) is 6.08 Å². The van der Waals surface area contributed by atoms with Gasteiger partial charge in [-0.05, 0) is 83.5 Å². The number of aliphatic hydroxyl groups excluding tert-OH is 2. The lowest BCUT2D eigenvalue weighted by Gasteiger charge is -2.20. The van der Waals surface area contributed by atoms with Crippen LogP contribution in [0.2, 0.25) is 0 Å². The lowest BCUT2D eigenvalue weighted by molar-refractivity contribution is -0.143. The number of esters is 1. The van der Waals surface area contributed by atoms with Crippen LogP contribution in [0.3, 0.4) is 0 Å². The zero-order chi connectivity index (χ0) is 50.0. The fraction of sp³-hybridized carbons (Fsp3) is 0.873. The maximum atomic E-state index is 12.5. The van der Waals surface area contributed by atoms with Crippen LogP contribution in [0.5, 0.6) is 0 Å². The Morgan fingerprint density at radius 2 is 0.681 bits per heavy atom. The van der Waals surface area contributed by atoms with Gasteiger partial charge in [-0.1, -0.05) is 269 Å². The Labute approximate surface area is 430 Å². The van der Waals surface area contributed by atoms with Crippen molar-refractivity contribution in [3.8, 4) is 0 Å². The minimum Gasteiger partial charge on any atom is -0.466 e. The highest BCUT2D eigenvalue weighted by Gasteiger charge is 2.18. The molecule has 0 saturated heterocycles. The van der Waals surface area contributed by atoms with Crippen LogP contribution in [-0.2, 0) is 14.3 Å². The predicted molar refractivity (Wildman–Crippen MR) is 301 cm³/mol. The van der Waals surface area contributed by atoms with E-state index in [0.29, 0.717) is 19.4 Å². The monoisotopic (exact) mass is 970 g/mol. The molecule has 3 N–H and O–H groups in total. The number of rotatable bonds is 57. The standard InChI is InChI=1S/C63H119NO5/c1-3-5-7-9-11-13-15-17-18-26-29-32-35-39-43-47-51-55-61(66)60(59-65)64-62(67)56-52-48-44-40-36-33-30-27-24-22-20-19-21-23-25-28-31-34-38-42-46-50-54-58-69-63(68)57-53-49-45-41-37-16-14-12-10-8-6-4-2/h12,14,22,24,51,55,60-61,65-66H,3-11,13,15-21,23,25-50,52-54,56-59H2,1-2H3,(H,64,67)/b14-12-,24-22-,55-51+. The van der Waals surface area contributed by atoms with E-state index in [2.05, 4.69) is 43.5 Å². The fourth-order valence-corrected chi connectivity index (χ4v) is 9.39. The number of allylic oxidation sites excluding steroid dienone is 5. The van der Waals surface area contributed by atoms with E-state index in [-0.39, 0.29) is 18.5 Å². The molecule has 1 amide bonds. The average Bonchev–Trinajstić information content (AvgIpc) is 3.35. The third-order valence-electron chi connectivity index (χ3n) is 14.1. The van der Waals surface area contributed by atoms with Gasteiger partial charge in [0.1, 0.15) is 0 Å². The SMILES string of the molecule is CCCCC/C=C\CCCCCCCC(=O)OCCCCCCCCCCCCCC/C=C\CCCCCCCCCC(=O)NC(CO)C(O)/C=C/CCCCCCCCCCCCCCCCC. The Kier molecular flexibility index (Phi) is 57.0. The minimum absolute atomic E-state index is 0.000772. The molecule has 2 unspecified atom stereocenters. The van der Waals surface area contributed by atoms with Gasteiger partial charge in [0.2, 0.25) is 5.91 Å². The molecule has 0 aromatic carbocycles. The topological polar surface area (TPSA) is 95.9 Å². The number of hydrogen-bond donors (Lipinski definition) is 3. The van der Waals surface area contributed by atoms with Crippen LogP contribution in [0.25, 0.3) is 0 Å². The third-order valence-corrected chi connectivity index (χ3v) is 14.1. The quantitative estimate of drug-likeness (QED) is 0.0321. The van der Waals surface area contributed by atoms with E-state index >= 15 is 0 Å². The first kappa shape index (κ1) is 67.1. The van der Waals surface area contributed by atoms with Crippen molar-refractivity contribution in [1.29, 1.82) is 0 Å². The van der Waals surface area contributed by atoms with Crippen molar-refractivity contribution in [3.63, 3.8) is 0 Å². The summed E-state index contributed by atoms with van der Waals surface area (Å²) in [6, 6.07) is -0.633. The van der Waals surface area contributed by atoms with Crippen LogP contribution in [0.15, 0.2) is 36.5 Å². The predicted octanol–water partition coefficient (Wildman–Crippen LogP) is 19.2. The number of amides is 1. The molecule has 69 heavy (non-hydrogen) atoms. The fourth-order valence-electron chi connectivity index (χ4n) is 9.39. The molecule has 0 radical (unpaired) electrons. The Morgan fingerprint density at radius 1 is 0.391 bits per heavy atom. The summed E-state index contributed by atoms with van der Waals surface area (Å²) < 4.78 is 5.46. The van der Waals surface area contributed by atoms with Gasteiger partial charge in [-0.2, -0.15) is 0 Å². The highest BCUT2D eigenvalue weighted by molar-refractivity contribution is 5.76. The first-order valence-electron chi connectivity index (χ1n) is 30.8. The van der Waals surface area contributed by atoms with Crippen LogP contribution in [0, 0.1) is 0 Å². The summed E-state index contributed by atoms with van der Waals surface area (Å²) in [6.45, 7) is 4.89. The van der Waals surface area contributed by atoms with Crippen molar-refractivity contribution >= 4 is 11.9 Å². The van der Waals surface area contributed by atoms with Crippen LogP contribution >= 0.6 is 0 Å². The van der Waals surface area contributed by atoms with Gasteiger partial charge in [-0.15, -0.1) is 0 Å². The molecule has 0 aromatic heterocycles. The molecule has 6 heteroatoms. The largest absolute Gasteiger partial charge is 0.466 e. The van der Waals surface area contributed by atoms with Gasteiger partial charge in [-0.25, -0.2) is 0 Å². The Balaban J connectivity index is 3.45. The average molecular weight is 971 g/mol. The summed E-state index contributed by atoms with van der Waals surface area (Å²) in [5.41, 5.74) is 0. The normalized spacial score (nSPS) is 12.8. The van der Waals surface area contributed by atoms with Crippen molar-refractivity contribution in [1.82, 2.24) is 5.32 Å². The lowest BCUT2D eigenvalue weighted by atomic mass is 10.0. The van der Waals surface area contributed by atoms with E-state index in [4.69, 9.17) is 4.74 Å². The molecule has 406 valence electrons. The van der Waals surface area contributed by atoms with E-state index in [1.165, 1.54) is 250 Å². The summed E-state index contributed by atoms with van der Waals surface area (Å²) in [7, 11) is 0. The maximum Gasteiger partial charge on any atom is 0.305 e. The summed E-state index contributed by atoms with van der Waals surface area (Å²) >= 11 is 0. The van der Waals surface area contributed by atoms with Gasteiger partial charge in [0.05, 0.1) is 25.4 Å². The van der Waals surface area contributed by atoms with Crippen molar-refractivity contribution in [2.24, 2.45) is 0 Å². The number of aliphatic hydroxyl groups is 2. The second-order valence-electron chi connectivity index (χ2n) is 21.0. The Bertz CT molecular complexity index is 1120. The van der Waals surface area contributed by atoms with Crippen LogP contribution in [0.1, 0.15) is 328 Å². The highest BCUT2D eigenvalue weighted by Crippen LogP contribution is 2.17. The van der Waals surface area contributed by atoms with Crippen molar-refractivity contribution in [2.75, 3.05) is 13.2 Å². The van der Waals surface area contributed by atoms with Gasteiger partial charge in [-0.3, -0.25) is 9.59 Å². The smallest absolute Gasteiger partial charge is 0.305 e. The lowest BCUT2D eigenvalue weighted by Crippen LogP contribution is -2.45. The zero-order valence-electron chi connectivity index (χ0n) is 46.3. The number of carbonyl (C=O) groups is 2. The molecule has 2 atom stereocenters. The van der Waals surface area contributed by atoms with Gasteiger partial charge >= 0.3 is 5.97 Å². The molecule has 0 saturated carbocycles. The highest BCUT2D eigenvalue weighted by atomic mass is 16.5. The molecule has 6 nitrogen and oxygen atoms in total. The minimum atomic E-state index is -0.849. The number of carbonyl (C=O) groups excluding carboxylic acids is 2. The Hall–Kier alpha value is -1.92. The van der Waals surface area contributed by atoms with Crippen LogP contribution in [0.4, 0.5) is 0 Å². The number of nitrogens with one attached hydrogen (secondary N) is 1. The molecular formula is C63H119NO5. The second kappa shape index (κ2) is 58.6. The molecule has 0 spiro atoms. The first-order chi connectivity index (χ1) is 34.0.